The number of aromatic amines is 1. The van der Waals surface area contributed by atoms with Crippen molar-refractivity contribution in [2.75, 3.05) is 5.32 Å². The average molecular weight is 369 g/mol. The molecule has 2 rings (SSSR count). The van der Waals surface area contributed by atoms with Gasteiger partial charge >= 0.3 is 0 Å². The fourth-order valence-corrected chi connectivity index (χ4v) is 2.09. The highest BCUT2D eigenvalue weighted by Crippen LogP contribution is 2.24. The second-order valence-corrected chi connectivity index (χ2v) is 6.43. The molecule has 0 fully saturated rings. The summed E-state index contributed by atoms with van der Waals surface area (Å²) in [5.41, 5.74) is 2.19. The van der Waals surface area contributed by atoms with Crippen LogP contribution in [0.4, 0.5) is 11.5 Å². The van der Waals surface area contributed by atoms with Gasteiger partial charge in [-0.05, 0) is 45.7 Å². The third-order valence-electron chi connectivity index (χ3n) is 2.81. The van der Waals surface area contributed by atoms with Crippen LogP contribution in [0.1, 0.15) is 26.3 Å². The Kier molecular flexibility index (Phi) is 3.93. The van der Waals surface area contributed by atoms with E-state index >= 15 is 0 Å². The molecule has 0 aliphatic heterocycles. The minimum atomic E-state index is -0.135. The smallest absolute Gasteiger partial charge is 0.266 e. The van der Waals surface area contributed by atoms with E-state index < -0.39 is 0 Å². The highest BCUT2D eigenvalue weighted by Gasteiger charge is 2.13. The summed E-state index contributed by atoms with van der Waals surface area (Å²) >= 11 is 1.98. The number of aromatic nitrogens is 2. The Labute approximate surface area is 125 Å². The van der Waals surface area contributed by atoms with Gasteiger partial charge in [0.1, 0.15) is 3.57 Å². The quantitative estimate of drug-likeness (QED) is 0.798. The molecule has 0 unspecified atom stereocenters. The first kappa shape index (κ1) is 14.0. The molecule has 0 spiro atoms. The number of nitrogens with one attached hydrogen (secondary N) is 2. The highest BCUT2D eigenvalue weighted by molar-refractivity contribution is 14.1. The van der Waals surface area contributed by atoms with Crippen LogP contribution < -0.4 is 10.9 Å². The maximum atomic E-state index is 11.5. The van der Waals surface area contributed by atoms with Crippen LogP contribution in [0.2, 0.25) is 0 Å². The van der Waals surface area contributed by atoms with Crippen molar-refractivity contribution in [3.05, 3.63) is 50.1 Å². The zero-order valence-corrected chi connectivity index (χ0v) is 13.3. The molecule has 0 radical (unpaired) electrons. The summed E-state index contributed by atoms with van der Waals surface area (Å²) in [7, 11) is 0. The predicted molar refractivity (Wildman–Crippen MR) is 86.0 cm³/mol. The third kappa shape index (κ3) is 3.34. The maximum absolute atomic E-state index is 11.5. The number of halogens is 1. The van der Waals surface area contributed by atoms with Crippen LogP contribution >= 0.6 is 22.6 Å². The molecular formula is C14H16IN3O. The van der Waals surface area contributed by atoms with Gasteiger partial charge in [0.05, 0.1) is 6.33 Å². The predicted octanol–water partition coefficient (Wildman–Crippen LogP) is 3.42. The Bertz CT molecular complexity index is 626. The second kappa shape index (κ2) is 5.32. The molecule has 0 bridgehead atoms. The van der Waals surface area contributed by atoms with Crippen molar-refractivity contribution in [3.63, 3.8) is 0 Å². The molecule has 1 heterocycles. The Morgan fingerprint density at radius 2 is 1.84 bits per heavy atom. The van der Waals surface area contributed by atoms with Gasteiger partial charge in [-0.25, -0.2) is 4.98 Å². The third-order valence-corrected chi connectivity index (χ3v) is 3.81. The first-order valence-electron chi connectivity index (χ1n) is 5.98. The summed E-state index contributed by atoms with van der Waals surface area (Å²) in [4.78, 5) is 18.1. The Morgan fingerprint density at radius 3 is 2.42 bits per heavy atom. The van der Waals surface area contributed by atoms with Crippen molar-refractivity contribution in [2.45, 2.75) is 26.2 Å². The van der Waals surface area contributed by atoms with E-state index in [1.807, 2.05) is 34.7 Å². The van der Waals surface area contributed by atoms with Gasteiger partial charge in [0.25, 0.3) is 5.56 Å². The largest absolute Gasteiger partial charge is 0.339 e. The van der Waals surface area contributed by atoms with Crippen molar-refractivity contribution in [1.82, 2.24) is 9.97 Å². The first-order chi connectivity index (χ1) is 8.88. The van der Waals surface area contributed by atoms with Crippen molar-refractivity contribution in [2.24, 2.45) is 0 Å². The average Bonchev–Trinajstić information content (AvgIpc) is 2.35. The lowest BCUT2D eigenvalue weighted by atomic mass is 9.87. The number of hydrogen-bond donors (Lipinski definition) is 2. The molecule has 2 N–H and O–H groups in total. The normalized spacial score (nSPS) is 11.4. The second-order valence-electron chi connectivity index (χ2n) is 5.35. The molecule has 0 aliphatic rings. The number of H-pyrrole nitrogens is 1. The van der Waals surface area contributed by atoms with E-state index in [0.717, 1.165) is 5.69 Å². The summed E-state index contributed by atoms with van der Waals surface area (Å²) in [5, 5.41) is 3.15. The van der Waals surface area contributed by atoms with Crippen LogP contribution in [0.25, 0.3) is 0 Å². The van der Waals surface area contributed by atoms with Crippen LogP contribution in [0.3, 0.4) is 0 Å². The minimum absolute atomic E-state index is 0.134. The maximum Gasteiger partial charge on any atom is 0.266 e. The van der Waals surface area contributed by atoms with Crippen molar-refractivity contribution in [1.29, 1.82) is 0 Å². The topological polar surface area (TPSA) is 57.8 Å². The van der Waals surface area contributed by atoms with Gasteiger partial charge in [-0.3, -0.25) is 4.79 Å². The van der Waals surface area contributed by atoms with Crippen molar-refractivity contribution < 1.29 is 0 Å². The Balaban J connectivity index is 2.25. The summed E-state index contributed by atoms with van der Waals surface area (Å²) in [6.45, 7) is 6.53. The molecule has 1 aromatic heterocycles. The van der Waals surface area contributed by atoms with Crippen LogP contribution in [0.5, 0.6) is 0 Å². The summed E-state index contributed by atoms with van der Waals surface area (Å²) in [6.07, 6.45) is 1.40. The molecule has 0 saturated heterocycles. The van der Waals surface area contributed by atoms with E-state index in [9.17, 15) is 4.79 Å². The van der Waals surface area contributed by atoms with E-state index in [0.29, 0.717) is 9.39 Å². The zero-order chi connectivity index (χ0) is 14.0. The molecule has 100 valence electrons. The fraction of sp³-hybridized carbons (Fsp3) is 0.286. The van der Waals surface area contributed by atoms with Crippen LogP contribution in [-0.2, 0) is 5.41 Å². The summed E-state index contributed by atoms with van der Waals surface area (Å²) < 4.78 is 0.556. The molecule has 5 heteroatoms. The molecule has 4 nitrogen and oxygen atoms in total. The lowest BCUT2D eigenvalue weighted by molar-refractivity contribution is 0.590. The van der Waals surface area contributed by atoms with E-state index in [4.69, 9.17) is 0 Å². The Hall–Kier alpha value is -1.37. The van der Waals surface area contributed by atoms with Crippen LogP contribution in [-0.4, -0.2) is 9.97 Å². The van der Waals surface area contributed by atoms with Gasteiger partial charge in [0, 0.05) is 5.69 Å². The number of hydrogen-bond acceptors (Lipinski definition) is 3. The zero-order valence-electron chi connectivity index (χ0n) is 11.1. The van der Waals surface area contributed by atoms with Gasteiger partial charge in [0.2, 0.25) is 0 Å². The monoisotopic (exact) mass is 369 g/mol. The molecule has 2 aromatic rings. The molecule has 0 saturated carbocycles. The number of nitrogens with zero attached hydrogens (tertiary/aromatic N) is 1. The molecule has 19 heavy (non-hydrogen) atoms. The number of benzene rings is 1. The van der Waals surface area contributed by atoms with Gasteiger partial charge < -0.3 is 10.3 Å². The SMILES string of the molecule is CC(C)(C)c1ccc(Nc2nc[nH]c(=O)c2I)cc1. The van der Waals surface area contributed by atoms with Crippen molar-refractivity contribution in [3.8, 4) is 0 Å². The van der Waals surface area contributed by atoms with Gasteiger partial charge in [-0.15, -0.1) is 0 Å². The fourth-order valence-electron chi connectivity index (χ4n) is 1.66. The molecular weight excluding hydrogens is 353 g/mol. The van der Waals surface area contributed by atoms with E-state index in [2.05, 4.69) is 48.2 Å². The number of rotatable bonds is 2. The van der Waals surface area contributed by atoms with Crippen LogP contribution in [0.15, 0.2) is 35.4 Å². The summed E-state index contributed by atoms with van der Waals surface area (Å²) in [6, 6.07) is 8.17. The number of anilines is 2. The molecule has 1 aromatic carbocycles. The molecule has 0 atom stereocenters. The van der Waals surface area contributed by atoms with Gasteiger partial charge in [-0.1, -0.05) is 32.9 Å². The highest BCUT2D eigenvalue weighted by atomic mass is 127. The van der Waals surface area contributed by atoms with Gasteiger partial charge in [-0.2, -0.15) is 0 Å². The van der Waals surface area contributed by atoms with Crippen LogP contribution in [0, 0.1) is 3.57 Å². The lowest BCUT2D eigenvalue weighted by Crippen LogP contribution is -2.13. The lowest BCUT2D eigenvalue weighted by Gasteiger charge is -2.19. The first-order valence-corrected chi connectivity index (χ1v) is 7.06. The van der Waals surface area contributed by atoms with E-state index in [1.165, 1.54) is 11.9 Å². The Morgan fingerprint density at radius 1 is 1.21 bits per heavy atom. The van der Waals surface area contributed by atoms with Crippen molar-refractivity contribution >= 4 is 34.1 Å². The van der Waals surface area contributed by atoms with Gasteiger partial charge in [0.15, 0.2) is 5.82 Å². The molecule has 0 amide bonds. The summed E-state index contributed by atoms with van der Waals surface area (Å²) in [5.74, 6) is 0.577. The van der Waals surface area contributed by atoms with E-state index in [-0.39, 0.29) is 11.0 Å². The minimum Gasteiger partial charge on any atom is -0.339 e. The van der Waals surface area contributed by atoms with E-state index in [1.54, 1.807) is 0 Å². The standard InChI is InChI=1S/C14H16IN3O/c1-14(2,3)9-4-6-10(7-5-9)18-12-11(15)13(19)17-8-16-12/h4-8H,1-3H3,(H2,16,17,18,19). The molecule has 0 aliphatic carbocycles.